The van der Waals surface area contributed by atoms with Gasteiger partial charge in [0.05, 0.1) is 17.9 Å². The lowest BCUT2D eigenvalue weighted by atomic mass is 10.1. The molecule has 4 heterocycles. The molecule has 1 saturated heterocycles. The van der Waals surface area contributed by atoms with Crippen molar-refractivity contribution >= 4 is 23.1 Å². The first-order chi connectivity index (χ1) is 16.1. The molecule has 0 spiro atoms. The molecule has 3 aliphatic rings. The molecule has 0 atom stereocenters. The first kappa shape index (κ1) is 21.2. The van der Waals surface area contributed by atoms with Crippen molar-refractivity contribution in [1.29, 1.82) is 0 Å². The van der Waals surface area contributed by atoms with E-state index in [0.717, 1.165) is 67.7 Å². The maximum absolute atomic E-state index is 12.9. The van der Waals surface area contributed by atoms with Crippen LogP contribution < -0.4 is 10.9 Å². The lowest BCUT2D eigenvalue weighted by Crippen LogP contribution is -2.48. The van der Waals surface area contributed by atoms with Crippen LogP contribution >= 0.6 is 0 Å². The van der Waals surface area contributed by atoms with Gasteiger partial charge in [-0.15, -0.1) is 0 Å². The van der Waals surface area contributed by atoms with E-state index >= 15 is 0 Å². The number of piperazine rings is 1. The number of H-pyrrole nitrogens is 1. The van der Waals surface area contributed by atoms with Crippen molar-refractivity contribution in [2.24, 2.45) is 4.99 Å². The van der Waals surface area contributed by atoms with E-state index < -0.39 is 0 Å². The molecule has 170 valence electrons. The number of nitrogens with one attached hydrogen (secondary N) is 2. The smallest absolute Gasteiger partial charge is 0.253 e. The summed E-state index contributed by atoms with van der Waals surface area (Å²) in [6.45, 7) is 8.07. The van der Waals surface area contributed by atoms with Crippen LogP contribution in [0.25, 0.3) is 5.70 Å². The van der Waals surface area contributed by atoms with Gasteiger partial charge >= 0.3 is 0 Å². The SMILES string of the molecule is CCN1CCN(C(=O)c2ccc(NC3=CC=C(c4cc[nH]c(=O)c4)N4CCN=C34)cc2)CC1. The summed E-state index contributed by atoms with van der Waals surface area (Å²) >= 11 is 0. The number of benzene rings is 1. The van der Waals surface area contributed by atoms with Crippen LogP contribution in [0.4, 0.5) is 5.69 Å². The summed E-state index contributed by atoms with van der Waals surface area (Å²) in [5.41, 5.74) is 4.21. The third kappa shape index (κ3) is 4.34. The van der Waals surface area contributed by atoms with Crippen LogP contribution in [-0.2, 0) is 0 Å². The number of carbonyl (C=O) groups excluding carboxylic acids is 1. The van der Waals surface area contributed by atoms with Crippen LogP contribution in [0.5, 0.6) is 0 Å². The van der Waals surface area contributed by atoms with Gasteiger partial charge in [-0.05, 0) is 49.0 Å². The minimum atomic E-state index is -0.124. The number of nitrogens with zero attached hydrogens (tertiary/aromatic N) is 4. The number of hydrogen-bond donors (Lipinski definition) is 2. The van der Waals surface area contributed by atoms with E-state index in [-0.39, 0.29) is 11.5 Å². The van der Waals surface area contributed by atoms with E-state index in [4.69, 9.17) is 0 Å². The minimum absolute atomic E-state index is 0.0888. The number of allylic oxidation sites excluding steroid dienone is 2. The van der Waals surface area contributed by atoms with Crippen LogP contribution in [0.3, 0.4) is 0 Å². The van der Waals surface area contributed by atoms with E-state index in [1.54, 1.807) is 12.3 Å². The van der Waals surface area contributed by atoms with Crippen molar-refractivity contribution < 1.29 is 4.79 Å². The maximum Gasteiger partial charge on any atom is 0.253 e. The van der Waals surface area contributed by atoms with Gasteiger partial charge in [-0.1, -0.05) is 6.92 Å². The zero-order chi connectivity index (χ0) is 22.8. The number of aromatic nitrogens is 1. The number of hydrogen-bond acceptors (Lipinski definition) is 6. The summed E-state index contributed by atoms with van der Waals surface area (Å²) in [6.07, 6.45) is 5.66. The highest BCUT2D eigenvalue weighted by Gasteiger charge is 2.27. The molecule has 8 heteroatoms. The van der Waals surface area contributed by atoms with Gasteiger partial charge in [0.15, 0.2) is 5.84 Å². The lowest BCUT2D eigenvalue weighted by Gasteiger charge is -2.34. The summed E-state index contributed by atoms with van der Waals surface area (Å²) in [6, 6.07) is 11.1. The Morgan fingerprint density at radius 1 is 1.06 bits per heavy atom. The van der Waals surface area contributed by atoms with Crippen molar-refractivity contribution in [2.75, 3.05) is 51.1 Å². The van der Waals surface area contributed by atoms with E-state index in [1.165, 1.54) is 0 Å². The quantitative estimate of drug-likeness (QED) is 0.739. The standard InChI is InChI=1S/C25H28N6O2/c1-2-29-13-15-30(16-14-29)25(33)18-3-5-20(6-4-18)28-21-7-8-22(31-12-11-27-24(21)31)19-9-10-26-23(32)17-19/h3-10,17,28H,2,11-16H2,1H3,(H,26,32). The summed E-state index contributed by atoms with van der Waals surface area (Å²) < 4.78 is 0. The highest BCUT2D eigenvalue weighted by Crippen LogP contribution is 2.28. The number of fused-ring (bicyclic) bond motifs is 1. The molecule has 0 unspecified atom stereocenters. The second kappa shape index (κ2) is 9.07. The minimum Gasteiger partial charge on any atom is -0.353 e. The van der Waals surface area contributed by atoms with E-state index in [1.807, 2.05) is 47.4 Å². The highest BCUT2D eigenvalue weighted by atomic mass is 16.2. The van der Waals surface area contributed by atoms with Crippen molar-refractivity contribution in [3.63, 3.8) is 0 Å². The fourth-order valence-electron chi connectivity index (χ4n) is 4.49. The monoisotopic (exact) mass is 444 g/mol. The second-order valence-corrected chi connectivity index (χ2v) is 8.36. The van der Waals surface area contributed by atoms with Crippen LogP contribution in [0.2, 0.25) is 0 Å². The first-order valence-electron chi connectivity index (χ1n) is 11.4. The average molecular weight is 445 g/mol. The molecule has 3 aliphatic heterocycles. The molecule has 8 nitrogen and oxygen atoms in total. The van der Waals surface area contributed by atoms with Crippen LogP contribution in [0, 0.1) is 0 Å². The van der Waals surface area contributed by atoms with Gasteiger partial charge in [0.25, 0.3) is 5.91 Å². The van der Waals surface area contributed by atoms with Crippen LogP contribution in [-0.4, -0.2) is 77.2 Å². The molecule has 2 N–H and O–H groups in total. The van der Waals surface area contributed by atoms with Crippen molar-refractivity contribution in [3.05, 3.63) is 81.9 Å². The third-order valence-corrected chi connectivity index (χ3v) is 6.37. The zero-order valence-corrected chi connectivity index (χ0v) is 18.8. The predicted molar refractivity (Wildman–Crippen MR) is 130 cm³/mol. The van der Waals surface area contributed by atoms with Gasteiger partial charge in [-0.25, -0.2) is 0 Å². The normalized spacial score (nSPS) is 18.4. The molecule has 5 rings (SSSR count). The third-order valence-electron chi connectivity index (χ3n) is 6.37. The number of amidine groups is 1. The molecule has 0 saturated carbocycles. The Balaban J connectivity index is 1.30. The largest absolute Gasteiger partial charge is 0.353 e. The van der Waals surface area contributed by atoms with Gasteiger partial charge in [0.2, 0.25) is 5.56 Å². The Labute approximate surface area is 192 Å². The molecule has 0 bridgehead atoms. The van der Waals surface area contributed by atoms with Crippen molar-refractivity contribution in [2.45, 2.75) is 6.92 Å². The van der Waals surface area contributed by atoms with Crippen molar-refractivity contribution in [3.8, 4) is 0 Å². The fraction of sp³-hybridized carbons (Fsp3) is 0.320. The number of likely N-dealkylation sites (N-methyl/N-ethyl adjacent to an activating group) is 1. The Hall–Kier alpha value is -3.65. The molecule has 1 fully saturated rings. The molecule has 1 amide bonds. The van der Waals surface area contributed by atoms with Crippen LogP contribution in [0.15, 0.2) is 70.2 Å². The maximum atomic E-state index is 12.9. The molecular weight excluding hydrogens is 416 g/mol. The Kier molecular flexibility index (Phi) is 5.83. The van der Waals surface area contributed by atoms with E-state index in [9.17, 15) is 9.59 Å². The van der Waals surface area contributed by atoms with Crippen molar-refractivity contribution in [1.82, 2.24) is 19.7 Å². The van der Waals surface area contributed by atoms with E-state index in [2.05, 4.69) is 32.0 Å². The summed E-state index contributed by atoms with van der Waals surface area (Å²) in [4.78, 5) is 38.4. The number of carbonyl (C=O) groups is 1. The Morgan fingerprint density at radius 2 is 1.85 bits per heavy atom. The number of rotatable bonds is 5. The zero-order valence-electron chi connectivity index (χ0n) is 18.8. The number of aliphatic imine (C=N–C) groups is 1. The van der Waals surface area contributed by atoms with Gasteiger partial charge in [0, 0.05) is 61.8 Å². The van der Waals surface area contributed by atoms with E-state index in [0.29, 0.717) is 12.1 Å². The molecule has 0 radical (unpaired) electrons. The fourth-order valence-corrected chi connectivity index (χ4v) is 4.49. The highest BCUT2D eigenvalue weighted by molar-refractivity contribution is 6.08. The van der Waals surface area contributed by atoms with Crippen LogP contribution in [0.1, 0.15) is 22.8 Å². The summed E-state index contributed by atoms with van der Waals surface area (Å²) in [5, 5.41) is 3.44. The summed E-state index contributed by atoms with van der Waals surface area (Å²) in [5.74, 6) is 0.952. The lowest BCUT2D eigenvalue weighted by molar-refractivity contribution is 0.0643. The first-order valence-corrected chi connectivity index (χ1v) is 11.4. The predicted octanol–water partition coefficient (Wildman–Crippen LogP) is 2.22. The molecule has 1 aromatic heterocycles. The molecule has 2 aromatic rings. The molecule has 0 aliphatic carbocycles. The number of amides is 1. The molecular formula is C25H28N6O2. The molecule has 33 heavy (non-hydrogen) atoms. The Morgan fingerprint density at radius 3 is 2.58 bits per heavy atom. The van der Waals surface area contributed by atoms with Gasteiger partial charge in [-0.2, -0.15) is 0 Å². The second-order valence-electron chi connectivity index (χ2n) is 8.36. The number of anilines is 1. The van der Waals surface area contributed by atoms with Gasteiger partial charge in [0.1, 0.15) is 0 Å². The molecule has 1 aromatic carbocycles. The number of pyridine rings is 1. The van der Waals surface area contributed by atoms with Gasteiger partial charge in [-0.3, -0.25) is 14.6 Å². The Bertz CT molecular complexity index is 1190. The number of aromatic amines is 1. The average Bonchev–Trinajstić information content (AvgIpc) is 3.35. The topological polar surface area (TPSA) is 84.0 Å². The van der Waals surface area contributed by atoms with Gasteiger partial charge < -0.3 is 25.0 Å². The summed E-state index contributed by atoms with van der Waals surface area (Å²) in [7, 11) is 0.